The molecule has 0 radical (unpaired) electrons. The first-order valence-corrected chi connectivity index (χ1v) is 8.80. The number of amides is 2. The fraction of sp³-hybridized carbons (Fsp3) is 0.474. The summed E-state index contributed by atoms with van der Waals surface area (Å²) in [7, 11) is 2.47. The lowest BCUT2D eigenvalue weighted by atomic mass is 10.1. The van der Waals surface area contributed by atoms with Gasteiger partial charge in [-0.05, 0) is 24.6 Å². The number of rotatable bonds is 7. The highest BCUT2D eigenvalue weighted by Gasteiger charge is 2.34. The molecule has 1 atom stereocenters. The number of likely N-dealkylation sites (tertiary alicyclic amines) is 1. The van der Waals surface area contributed by atoms with E-state index in [9.17, 15) is 19.2 Å². The van der Waals surface area contributed by atoms with Gasteiger partial charge in [-0.2, -0.15) is 0 Å². The highest BCUT2D eigenvalue weighted by Crippen LogP contribution is 2.24. The predicted octanol–water partition coefficient (Wildman–Crippen LogP) is 1.85. The first-order chi connectivity index (χ1) is 12.9. The van der Waals surface area contributed by atoms with E-state index in [-0.39, 0.29) is 35.0 Å². The van der Waals surface area contributed by atoms with Gasteiger partial charge in [0.1, 0.15) is 0 Å². The van der Waals surface area contributed by atoms with Crippen LogP contribution >= 0.6 is 0 Å². The van der Waals surface area contributed by atoms with Crippen molar-refractivity contribution >= 4 is 29.4 Å². The van der Waals surface area contributed by atoms with Crippen molar-refractivity contribution in [1.82, 2.24) is 4.90 Å². The molecule has 146 valence electrons. The van der Waals surface area contributed by atoms with Crippen molar-refractivity contribution < 1.29 is 28.7 Å². The van der Waals surface area contributed by atoms with Gasteiger partial charge in [0.2, 0.25) is 11.8 Å². The molecule has 0 aliphatic carbocycles. The number of carbonyl (C=O) groups is 4. The minimum Gasteiger partial charge on any atom is -0.465 e. The van der Waals surface area contributed by atoms with E-state index in [0.29, 0.717) is 13.1 Å². The van der Waals surface area contributed by atoms with Crippen molar-refractivity contribution in [3.63, 3.8) is 0 Å². The molecule has 0 aromatic heterocycles. The Morgan fingerprint density at radius 2 is 1.89 bits per heavy atom. The predicted molar refractivity (Wildman–Crippen MR) is 97.3 cm³/mol. The topological polar surface area (TPSA) is 102 Å². The standard InChI is InChI=1S/C19H24N2O6/c1-4-5-8-21-11-13(10-16(21)22)17(23)20-15-9-12(18(24)26-2)6-7-14(15)19(25)27-3/h6-7,9,13H,4-5,8,10-11H2,1-3H3,(H,20,23). The van der Waals surface area contributed by atoms with Crippen LogP contribution in [0.4, 0.5) is 5.69 Å². The number of ether oxygens (including phenoxy) is 2. The van der Waals surface area contributed by atoms with Crippen molar-refractivity contribution in [3.05, 3.63) is 29.3 Å². The smallest absolute Gasteiger partial charge is 0.339 e. The second-order valence-corrected chi connectivity index (χ2v) is 6.33. The van der Waals surface area contributed by atoms with E-state index < -0.39 is 17.9 Å². The number of anilines is 1. The maximum absolute atomic E-state index is 12.6. The summed E-state index contributed by atoms with van der Waals surface area (Å²) >= 11 is 0. The average Bonchev–Trinajstić information content (AvgIpc) is 3.05. The molecule has 2 amide bonds. The Kier molecular flexibility index (Phi) is 6.92. The van der Waals surface area contributed by atoms with Gasteiger partial charge in [0.05, 0.1) is 37.0 Å². The van der Waals surface area contributed by atoms with Crippen LogP contribution in [-0.4, -0.2) is 56.0 Å². The lowest BCUT2D eigenvalue weighted by molar-refractivity contribution is -0.128. The van der Waals surface area contributed by atoms with Crippen LogP contribution in [0.25, 0.3) is 0 Å². The lowest BCUT2D eigenvalue weighted by Crippen LogP contribution is -2.29. The van der Waals surface area contributed by atoms with Crippen LogP contribution in [0.15, 0.2) is 18.2 Å². The Balaban J connectivity index is 2.19. The van der Waals surface area contributed by atoms with Crippen LogP contribution in [0.2, 0.25) is 0 Å². The van der Waals surface area contributed by atoms with Crippen LogP contribution in [0.5, 0.6) is 0 Å². The molecule has 1 aliphatic heterocycles. The van der Waals surface area contributed by atoms with Gasteiger partial charge in [0, 0.05) is 19.5 Å². The zero-order valence-electron chi connectivity index (χ0n) is 15.7. The Morgan fingerprint density at radius 3 is 2.52 bits per heavy atom. The molecule has 0 bridgehead atoms. The molecule has 1 fully saturated rings. The van der Waals surface area contributed by atoms with Gasteiger partial charge in [-0.3, -0.25) is 9.59 Å². The van der Waals surface area contributed by atoms with Crippen molar-refractivity contribution in [2.45, 2.75) is 26.2 Å². The second kappa shape index (κ2) is 9.16. The number of methoxy groups -OCH3 is 2. The molecule has 0 saturated carbocycles. The van der Waals surface area contributed by atoms with Gasteiger partial charge in [0.15, 0.2) is 0 Å². The summed E-state index contributed by atoms with van der Waals surface area (Å²) in [6, 6.07) is 4.17. The van der Waals surface area contributed by atoms with Crippen molar-refractivity contribution in [1.29, 1.82) is 0 Å². The SMILES string of the molecule is CCCCN1CC(C(=O)Nc2cc(C(=O)OC)ccc2C(=O)OC)CC1=O. The minimum absolute atomic E-state index is 0.0555. The van der Waals surface area contributed by atoms with E-state index >= 15 is 0 Å². The summed E-state index contributed by atoms with van der Waals surface area (Å²) in [5, 5.41) is 2.66. The van der Waals surface area contributed by atoms with Crippen LogP contribution in [0, 0.1) is 5.92 Å². The van der Waals surface area contributed by atoms with E-state index in [1.807, 2.05) is 6.92 Å². The monoisotopic (exact) mass is 376 g/mol. The Labute approximate surface area is 157 Å². The van der Waals surface area contributed by atoms with Gasteiger partial charge < -0.3 is 19.7 Å². The number of hydrogen-bond acceptors (Lipinski definition) is 6. The third kappa shape index (κ3) is 4.84. The fourth-order valence-electron chi connectivity index (χ4n) is 2.93. The van der Waals surface area contributed by atoms with Crippen molar-refractivity contribution in [2.75, 3.05) is 32.6 Å². The zero-order valence-corrected chi connectivity index (χ0v) is 15.7. The molecular weight excluding hydrogens is 352 g/mol. The van der Waals surface area contributed by atoms with Gasteiger partial charge in [-0.1, -0.05) is 13.3 Å². The molecule has 8 nitrogen and oxygen atoms in total. The van der Waals surface area contributed by atoms with E-state index in [0.717, 1.165) is 12.8 Å². The Morgan fingerprint density at radius 1 is 1.19 bits per heavy atom. The fourth-order valence-corrected chi connectivity index (χ4v) is 2.93. The Bertz CT molecular complexity index is 746. The summed E-state index contributed by atoms with van der Waals surface area (Å²) in [5.41, 5.74) is 0.451. The van der Waals surface area contributed by atoms with E-state index in [1.165, 1.54) is 32.4 Å². The molecule has 2 rings (SSSR count). The van der Waals surface area contributed by atoms with Crippen LogP contribution < -0.4 is 5.32 Å². The summed E-state index contributed by atoms with van der Waals surface area (Å²) in [6.45, 7) is 3.01. The van der Waals surface area contributed by atoms with Gasteiger partial charge in [0.25, 0.3) is 0 Å². The summed E-state index contributed by atoms with van der Waals surface area (Å²) in [6.07, 6.45) is 1.97. The molecule has 1 saturated heterocycles. The molecule has 1 aliphatic rings. The molecule has 1 aromatic rings. The summed E-state index contributed by atoms with van der Waals surface area (Å²) in [5.74, 6) is -2.19. The van der Waals surface area contributed by atoms with E-state index in [1.54, 1.807) is 4.90 Å². The number of nitrogens with zero attached hydrogens (tertiary/aromatic N) is 1. The van der Waals surface area contributed by atoms with Crippen LogP contribution in [0.3, 0.4) is 0 Å². The van der Waals surface area contributed by atoms with Crippen LogP contribution in [-0.2, 0) is 19.1 Å². The molecule has 27 heavy (non-hydrogen) atoms. The number of esters is 2. The molecule has 1 heterocycles. The molecule has 1 aromatic carbocycles. The first kappa shape index (κ1) is 20.4. The largest absolute Gasteiger partial charge is 0.465 e. The maximum atomic E-state index is 12.6. The summed E-state index contributed by atoms with van der Waals surface area (Å²) < 4.78 is 9.39. The third-order valence-electron chi connectivity index (χ3n) is 4.47. The minimum atomic E-state index is -0.645. The van der Waals surface area contributed by atoms with Crippen LogP contribution in [0.1, 0.15) is 46.9 Å². The van der Waals surface area contributed by atoms with E-state index in [4.69, 9.17) is 4.74 Å². The molecular formula is C19H24N2O6. The quantitative estimate of drug-likeness (QED) is 0.729. The van der Waals surface area contributed by atoms with Gasteiger partial charge in [-0.25, -0.2) is 9.59 Å². The third-order valence-corrected chi connectivity index (χ3v) is 4.47. The number of unbranched alkanes of at least 4 members (excludes halogenated alkanes) is 1. The highest BCUT2D eigenvalue weighted by atomic mass is 16.5. The number of carbonyl (C=O) groups excluding carboxylic acids is 4. The first-order valence-electron chi connectivity index (χ1n) is 8.80. The maximum Gasteiger partial charge on any atom is 0.339 e. The molecule has 1 N–H and O–H groups in total. The molecule has 0 spiro atoms. The molecule has 8 heteroatoms. The number of benzene rings is 1. The van der Waals surface area contributed by atoms with Crippen molar-refractivity contribution in [3.8, 4) is 0 Å². The van der Waals surface area contributed by atoms with Crippen molar-refractivity contribution in [2.24, 2.45) is 5.92 Å². The van der Waals surface area contributed by atoms with Gasteiger partial charge in [-0.15, -0.1) is 0 Å². The summed E-state index contributed by atoms with van der Waals surface area (Å²) in [4.78, 5) is 50.1. The second-order valence-electron chi connectivity index (χ2n) is 6.33. The van der Waals surface area contributed by atoms with Gasteiger partial charge >= 0.3 is 11.9 Å². The van der Waals surface area contributed by atoms with E-state index in [2.05, 4.69) is 10.1 Å². The molecule has 1 unspecified atom stereocenters. The number of nitrogens with one attached hydrogen (secondary N) is 1. The lowest BCUT2D eigenvalue weighted by Gasteiger charge is -2.16. The average molecular weight is 376 g/mol. The zero-order chi connectivity index (χ0) is 20.0. The normalized spacial score (nSPS) is 16.2. The Hall–Kier alpha value is -2.90. The highest BCUT2D eigenvalue weighted by molar-refractivity contribution is 6.05. The number of hydrogen-bond donors (Lipinski definition) is 1.